The fourth-order valence-corrected chi connectivity index (χ4v) is 3.03. The molecule has 3 atom stereocenters. The van der Waals surface area contributed by atoms with Crippen LogP contribution in [-0.4, -0.2) is 30.1 Å². The van der Waals surface area contributed by atoms with E-state index in [1.807, 2.05) is 0 Å². The number of benzene rings is 1. The first-order chi connectivity index (χ1) is 8.65. The van der Waals surface area contributed by atoms with Gasteiger partial charge >= 0.3 is 0 Å². The van der Waals surface area contributed by atoms with E-state index in [9.17, 15) is 0 Å². The van der Waals surface area contributed by atoms with E-state index >= 15 is 0 Å². The van der Waals surface area contributed by atoms with Crippen molar-refractivity contribution in [2.24, 2.45) is 11.7 Å². The lowest BCUT2D eigenvalue weighted by Gasteiger charge is -2.24. The molecular formula is C16H26N2. The molecule has 2 N–H and O–H groups in total. The van der Waals surface area contributed by atoms with Crippen molar-refractivity contribution >= 4 is 0 Å². The Morgan fingerprint density at radius 2 is 2.00 bits per heavy atom. The van der Waals surface area contributed by atoms with Gasteiger partial charge in [0.05, 0.1) is 0 Å². The Morgan fingerprint density at radius 3 is 2.61 bits per heavy atom. The third kappa shape index (κ3) is 3.82. The molecule has 1 aromatic rings. The molecule has 2 unspecified atom stereocenters. The van der Waals surface area contributed by atoms with Crippen molar-refractivity contribution in [2.45, 2.75) is 45.2 Å². The quantitative estimate of drug-likeness (QED) is 0.865. The van der Waals surface area contributed by atoms with Gasteiger partial charge in [0.1, 0.15) is 0 Å². The highest BCUT2D eigenvalue weighted by Gasteiger charge is 2.26. The second kappa shape index (κ2) is 6.35. The number of nitrogens with two attached hydrogens (primary N) is 1. The minimum atomic E-state index is 0.304. The molecule has 2 nitrogen and oxygen atoms in total. The molecule has 1 aliphatic rings. The Bertz CT molecular complexity index is 349. The first kappa shape index (κ1) is 13.6. The van der Waals surface area contributed by atoms with Crippen LogP contribution in [0.1, 0.15) is 32.3 Å². The minimum absolute atomic E-state index is 0.304. The molecule has 0 amide bonds. The molecule has 18 heavy (non-hydrogen) atoms. The summed E-state index contributed by atoms with van der Waals surface area (Å²) in [6.45, 7) is 6.94. The number of aryl methyl sites for hydroxylation is 1. The van der Waals surface area contributed by atoms with Crippen LogP contribution >= 0.6 is 0 Å². The highest BCUT2D eigenvalue weighted by Crippen LogP contribution is 2.22. The van der Waals surface area contributed by atoms with Gasteiger partial charge in [0.15, 0.2) is 0 Å². The molecule has 2 heteroatoms. The van der Waals surface area contributed by atoms with Gasteiger partial charge in [-0.3, -0.25) is 4.90 Å². The van der Waals surface area contributed by atoms with Gasteiger partial charge in [0.2, 0.25) is 0 Å². The van der Waals surface area contributed by atoms with Crippen molar-refractivity contribution in [1.82, 2.24) is 4.90 Å². The van der Waals surface area contributed by atoms with Crippen molar-refractivity contribution < 1.29 is 0 Å². The third-order valence-electron chi connectivity index (χ3n) is 4.03. The Labute approximate surface area is 111 Å². The van der Waals surface area contributed by atoms with Gasteiger partial charge in [-0.1, -0.05) is 37.3 Å². The van der Waals surface area contributed by atoms with E-state index < -0.39 is 0 Å². The zero-order chi connectivity index (χ0) is 13.0. The fraction of sp³-hybridized carbons (Fsp3) is 0.625. The maximum atomic E-state index is 6.27. The van der Waals surface area contributed by atoms with Gasteiger partial charge in [0, 0.05) is 25.2 Å². The summed E-state index contributed by atoms with van der Waals surface area (Å²) in [5, 5.41) is 0. The van der Waals surface area contributed by atoms with E-state index in [1.54, 1.807) is 0 Å². The third-order valence-corrected chi connectivity index (χ3v) is 4.03. The van der Waals surface area contributed by atoms with Crippen LogP contribution in [0.15, 0.2) is 30.3 Å². The average molecular weight is 246 g/mol. The summed E-state index contributed by atoms with van der Waals surface area (Å²) >= 11 is 0. The van der Waals surface area contributed by atoms with E-state index in [4.69, 9.17) is 5.73 Å². The molecule has 2 rings (SSSR count). The molecule has 100 valence electrons. The van der Waals surface area contributed by atoms with Crippen LogP contribution in [0.3, 0.4) is 0 Å². The zero-order valence-corrected chi connectivity index (χ0v) is 11.7. The molecular weight excluding hydrogens is 220 g/mol. The number of hydrogen-bond donors (Lipinski definition) is 1. The Morgan fingerprint density at radius 1 is 1.28 bits per heavy atom. The predicted molar refractivity (Wildman–Crippen MR) is 77.6 cm³/mol. The van der Waals surface area contributed by atoms with Gasteiger partial charge in [-0.05, 0) is 37.7 Å². The van der Waals surface area contributed by atoms with E-state index in [-0.39, 0.29) is 0 Å². The predicted octanol–water partition coefficient (Wildman–Crippen LogP) is 2.68. The van der Waals surface area contributed by atoms with E-state index in [1.165, 1.54) is 18.5 Å². The summed E-state index contributed by atoms with van der Waals surface area (Å²) < 4.78 is 0. The monoisotopic (exact) mass is 246 g/mol. The molecule has 1 fully saturated rings. The fourth-order valence-electron chi connectivity index (χ4n) is 3.03. The Hall–Kier alpha value is -0.860. The summed E-state index contributed by atoms with van der Waals surface area (Å²) in [6, 6.07) is 11.7. The molecule has 1 aromatic carbocycles. The second-order valence-corrected chi connectivity index (χ2v) is 5.93. The van der Waals surface area contributed by atoms with E-state index in [2.05, 4.69) is 49.1 Å². The highest BCUT2D eigenvalue weighted by molar-refractivity contribution is 5.14. The first-order valence-electron chi connectivity index (χ1n) is 7.18. The van der Waals surface area contributed by atoms with Crippen molar-refractivity contribution in [3.63, 3.8) is 0 Å². The van der Waals surface area contributed by atoms with Crippen LogP contribution in [0.2, 0.25) is 0 Å². The Kier molecular flexibility index (Phi) is 4.79. The lowest BCUT2D eigenvalue weighted by atomic mass is 10.1. The van der Waals surface area contributed by atoms with Crippen LogP contribution in [0.5, 0.6) is 0 Å². The van der Waals surface area contributed by atoms with Gasteiger partial charge < -0.3 is 5.73 Å². The Balaban J connectivity index is 1.74. The number of hydrogen-bond acceptors (Lipinski definition) is 2. The summed E-state index contributed by atoms with van der Waals surface area (Å²) in [7, 11) is 0. The number of nitrogens with zero attached hydrogens (tertiary/aromatic N) is 1. The summed E-state index contributed by atoms with van der Waals surface area (Å²) in [5.74, 6) is 0.835. The topological polar surface area (TPSA) is 29.3 Å². The number of likely N-dealkylation sites (tertiary alicyclic amines) is 1. The van der Waals surface area contributed by atoms with Crippen LogP contribution in [0, 0.1) is 5.92 Å². The van der Waals surface area contributed by atoms with Gasteiger partial charge in [-0.15, -0.1) is 0 Å². The summed E-state index contributed by atoms with van der Waals surface area (Å²) in [5.41, 5.74) is 7.67. The highest BCUT2D eigenvalue weighted by atomic mass is 15.2. The molecule has 1 aliphatic heterocycles. The molecule has 0 saturated carbocycles. The zero-order valence-electron chi connectivity index (χ0n) is 11.7. The van der Waals surface area contributed by atoms with Crippen LogP contribution in [0.25, 0.3) is 0 Å². The molecule has 0 bridgehead atoms. The number of rotatable bonds is 5. The molecule has 1 saturated heterocycles. The van der Waals surface area contributed by atoms with Crippen molar-refractivity contribution in [3.8, 4) is 0 Å². The minimum Gasteiger partial charge on any atom is -0.327 e. The van der Waals surface area contributed by atoms with Gasteiger partial charge in [-0.25, -0.2) is 0 Å². The molecule has 0 spiro atoms. The van der Waals surface area contributed by atoms with Crippen molar-refractivity contribution in [3.05, 3.63) is 35.9 Å². The summed E-state index contributed by atoms with van der Waals surface area (Å²) in [4.78, 5) is 2.56. The SMILES string of the molecule is CC1CC(C)N(C[C@@H](N)CCc2ccccc2)C1. The van der Waals surface area contributed by atoms with Crippen LogP contribution in [0.4, 0.5) is 0 Å². The normalized spacial score (nSPS) is 26.4. The van der Waals surface area contributed by atoms with Crippen molar-refractivity contribution in [2.75, 3.05) is 13.1 Å². The molecule has 0 aliphatic carbocycles. The lowest BCUT2D eigenvalue weighted by Crippen LogP contribution is -2.39. The largest absolute Gasteiger partial charge is 0.327 e. The lowest BCUT2D eigenvalue weighted by molar-refractivity contribution is 0.244. The van der Waals surface area contributed by atoms with E-state index in [0.29, 0.717) is 12.1 Å². The van der Waals surface area contributed by atoms with Gasteiger partial charge in [0.25, 0.3) is 0 Å². The maximum absolute atomic E-state index is 6.27. The smallest absolute Gasteiger partial charge is 0.0171 e. The standard InChI is InChI=1S/C16H26N2/c1-13-10-14(2)18(11-13)12-16(17)9-8-15-6-4-3-5-7-15/h3-7,13-14,16H,8-12,17H2,1-2H3/t13?,14?,16-/m0/s1. The molecule has 0 aromatic heterocycles. The van der Waals surface area contributed by atoms with Gasteiger partial charge in [-0.2, -0.15) is 0 Å². The molecule has 1 heterocycles. The first-order valence-corrected chi connectivity index (χ1v) is 7.18. The summed E-state index contributed by atoms with van der Waals surface area (Å²) in [6.07, 6.45) is 3.51. The second-order valence-electron chi connectivity index (χ2n) is 5.93. The van der Waals surface area contributed by atoms with Crippen LogP contribution in [-0.2, 0) is 6.42 Å². The maximum Gasteiger partial charge on any atom is 0.0171 e. The van der Waals surface area contributed by atoms with Crippen LogP contribution < -0.4 is 5.73 Å². The van der Waals surface area contributed by atoms with E-state index in [0.717, 1.165) is 25.3 Å². The van der Waals surface area contributed by atoms with Crippen molar-refractivity contribution in [1.29, 1.82) is 0 Å². The average Bonchev–Trinajstić information content (AvgIpc) is 2.67. The molecule has 0 radical (unpaired) electrons.